The third-order valence-corrected chi connectivity index (χ3v) is 7.47. The van der Waals surface area contributed by atoms with Crippen molar-refractivity contribution in [3.8, 4) is 0 Å². The Kier molecular flexibility index (Phi) is 7.98. The molecule has 1 spiro atoms. The number of likely N-dealkylation sites (tertiary alicyclic amines) is 1. The summed E-state index contributed by atoms with van der Waals surface area (Å²) in [6, 6.07) is -0.817. The van der Waals surface area contributed by atoms with Crippen LogP contribution in [-0.2, 0) is 19.1 Å². The number of fused-ring (bicyclic) bond motifs is 1. The van der Waals surface area contributed by atoms with Crippen LogP contribution in [0.25, 0.3) is 0 Å². The fourth-order valence-corrected chi connectivity index (χ4v) is 6.06. The molecule has 0 aromatic heterocycles. The first-order chi connectivity index (χ1) is 15.3. The van der Waals surface area contributed by atoms with Crippen LogP contribution in [0.3, 0.4) is 0 Å². The zero-order chi connectivity index (χ0) is 23.5. The van der Waals surface area contributed by atoms with Gasteiger partial charge in [0.15, 0.2) is 0 Å². The molecule has 0 aromatic carbocycles. The molecule has 0 saturated carbocycles. The van der Waals surface area contributed by atoms with Crippen LogP contribution in [-0.4, -0.2) is 81.3 Å². The Morgan fingerprint density at radius 1 is 1.34 bits per heavy atom. The van der Waals surface area contributed by atoms with Gasteiger partial charge in [0.2, 0.25) is 11.8 Å². The van der Waals surface area contributed by atoms with Crippen molar-refractivity contribution in [2.45, 2.75) is 89.0 Å². The highest BCUT2D eigenvalue weighted by atomic mass is 16.5. The number of carboxylic acids is 1. The molecule has 0 aromatic rings. The predicted molar refractivity (Wildman–Crippen MR) is 119 cm³/mol. The minimum absolute atomic E-state index is 0.0173. The number of hydrogen-bond acceptors (Lipinski definition) is 5. The maximum absolute atomic E-state index is 14.0. The molecule has 3 saturated heterocycles. The van der Waals surface area contributed by atoms with E-state index in [1.807, 2.05) is 6.92 Å². The van der Waals surface area contributed by atoms with Gasteiger partial charge in [-0.3, -0.25) is 14.4 Å². The number of rotatable bonds is 13. The number of unbranched alkanes of at least 4 members (excludes halogenated alkanes) is 3. The molecular formula is C24H38N2O6. The van der Waals surface area contributed by atoms with Gasteiger partial charge in [-0.05, 0) is 39.0 Å². The van der Waals surface area contributed by atoms with E-state index in [-0.39, 0.29) is 24.5 Å². The number of aliphatic hydroxyl groups is 1. The van der Waals surface area contributed by atoms with Crippen LogP contribution in [0.2, 0.25) is 0 Å². The lowest BCUT2D eigenvalue weighted by Gasteiger charge is -2.39. The van der Waals surface area contributed by atoms with E-state index < -0.39 is 35.6 Å². The Morgan fingerprint density at radius 3 is 2.69 bits per heavy atom. The molecule has 180 valence electrons. The van der Waals surface area contributed by atoms with Crippen molar-refractivity contribution < 1.29 is 29.3 Å². The number of hydrogen-bond donors (Lipinski definition) is 2. The quantitative estimate of drug-likeness (QED) is 0.329. The minimum Gasteiger partial charge on any atom is -0.481 e. The molecule has 3 unspecified atom stereocenters. The van der Waals surface area contributed by atoms with Crippen LogP contribution in [0.5, 0.6) is 0 Å². The van der Waals surface area contributed by atoms with Gasteiger partial charge < -0.3 is 24.7 Å². The monoisotopic (exact) mass is 450 g/mol. The molecule has 2 amide bonds. The largest absolute Gasteiger partial charge is 0.481 e. The van der Waals surface area contributed by atoms with Gasteiger partial charge >= 0.3 is 5.97 Å². The summed E-state index contributed by atoms with van der Waals surface area (Å²) in [6.45, 7) is 8.78. The average molecular weight is 451 g/mol. The van der Waals surface area contributed by atoms with E-state index in [2.05, 4.69) is 13.5 Å². The lowest BCUT2D eigenvalue weighted by Crippen LogP contribution is -2.57. The zero-order valence-corrected chi connectivity index (χ0v) is 19.4. The van der Waals surface area contributed by atoms with E-state index in [0.29, 0.717) is 38.8 Å². The molecule has 0 radical (unpaired) electrons. The van der Waals surface area contributed by atoms with Gasteiger partial charge in [0, 0.05) is 25.7 Å². The molecular weight excluding hydrogens is 412 g/mol. The number of nitrogens with zero attached hydrogens (tertiary/aromatic N) is 2. The van der Waals surface area contributed by atoms with Gasteiger partial charge in [0.1, 0.15) is 11.6 Å². The number of carboxylic acid groups (broad SMARTS) is 1. The fraction of sp³-hybridized carbons (Fsp3) is 0.792. The molecule has 32 heavy (non-hydrogen) atoms. The minimum atomic E-state index is -1.06. The van der Waals surface area contributed by atoms with E-state index in [4.69, 9.17) is 9.84 Å². The first kappa shape index (κ1) is 24.7. The van der Waals surface area contributed by atoms with Gasteiger partial charge in [-0.15, -0.1) is 6.58 Å². The summed E-state index contributed by atoms with van der Waals surface area (Å²) in [4.78, 5) is 42.9. The highest BCUT2D eigenvalue weighted by molar-refractivity contribution is 5.98. The summed E-state index contributed by atoms with van der Waals surface area (Å²) < 4.78 is 6.26. The summed E-state index contributed by atoms with van der Waals surface area (Å²) in [5.74, 6) is -3.15. The second-order valence-electron chi connectivity index (χ2n) is 9.48. The predicted octanol–water partition coefficient (Wildman–Crippen LogP) is 2.20. The molecule has 0 aliphatic carbocycles. The highest BCUT2D eigenvalue weighted by Crippen LogP contribution is 2.58. The lowest BCUT2D eigenvalue weighted by atomic mass is 9.70. The Hall–Kier alpha value is -1.93. The molecule has 2 N–H and O–H groups in total. The Morgan fingerprint density at radius 2 is 2.06 bits per heavy atom. The van der Waals surface area contributed by atoms with Crippen LogP contribution < -0.4 is 0 Å². The fourth-order valence-electron chi connectivity index (χ4n) is 6.06. The number of amides is 2. The molecule has 8 heteroatoms. The van der Waals surface area contributed by atoms with Crippen LogP contribution in [0.1, 0.15) is 65.2 Å². The molecule has 3 heterocycles. The van der Waals surface area contributed by atoms with E-state index in [9.17, 15) is 19.5 Å². The second-order valence-corrected chi connectivity index (χ2v) is 9.48. The SMILES string of the molecule is C=CCN(C(=O)C1N(CCCCCCO)C(=O)[C@@H]2[C@H](C(=O)O)[C@@H]3CCC12O3)C(C)CCC. The van der Waals surface area contributed by atoms with E-state index in [1.165, 1.54) is 0 Å². The second kappa shape index (κ2) is 10.3. The molecule has 8 nitrogen and oxygen atoms in total. The van der Waals surface area contributed by atoms with Gasteiger partial charge in [-0.1, -0.05) is 32.3 Å². The van der Waals surface area contributed by atoms with Crippen molar-refractivity contribution >= 4 is 17.8 Å². The third kappa shape index (κ3) is 4.19. The van der Waals surface area contributed by atoms with Crippen molar-refractivity contribution in [1.29, 1.82) is 0 Å². The average Bonchev–Trinajstić information content (AvgIpc) is 3.39. The number of carbonyl (C=O) groups is 3. The van der Waals surface area contributed by atoms with Gasteiger partial charge in [0.25, 0.3) is 0 Å². The number of aliphatic hydroxyl groups excluding tert-OH is 1. The van der Waals surface area contributed by atoms with Crippen molar-refractivity contribution in [3.05, 3.63) is 12.7 Å². The van der Waals surface area contributed by atoms with Crippen molar-refractivity contribution in [1.82, 2.24) is 9.80 Å². The van der Waals surface area contributed by atoms with Crippen LogP contribution in [0.15, 0.2) is 12.7 Å². The first-order valence-electron chi connectivity index (χ1n) is 12.1. The van der Waals surface area contributed by atoms with Gasteiger partial charge in [-0.25, -0.2) is 0 Å². The van der Waals surface area contributed by atoms with E-state index >= 15 is 0 Å². The summed E-state index contributed by atoms with van der Waals surface area (Å²) in [7, 11) is 0. The maximum atomic E-state index is 14.0. The number of carbonyl (C=O) groups excluding carboxylic acids is 2. The molecule has 6 atom stereocenters. The maximum Gasteiger partial charge on any atom is 0.310 e. The van der Waals surface area contributed by atoms with Gasteiger partial charge in [-0.2, -0.15) is 0 Å². The summed E-state index contributed by atoms with van der Waals surface area (Å²) in [6.07, 6.45) is 7.11. The van der Waals surface area contributed by atoms with Crippen LogP contribution in [0.4, 0.5) is 0 Å². The lowest BCUT2D eigenvalue weighted by molar-refractivity contribution is -0.151. The van der Waals surface area contributed by atoms with Crippen LogP contribution >= 0.6 is 0 Å². The standard InChI is InChI=1S/C24H38N2O6/c1-4-10-16(3)25(13-5-2)22(29)20-24-12-11-17(32-24)18(23(30)31)19(24)21(28)26(20)14-8-6-7-9-15-27/h5,16-20,27H,2,4,6-15H2,1,3H3,(H,30,31)/t16?,17-,18+,19-,20?,24?/m0/s1. The van der Waals surface area contributed by atoms with Crippen LogP contribution in [0, 0.1) is 11.8 Å². The highest BCUT2D eigenvalue weighted by Gasteiger charge is 2.74. The molecule has 2 bridgehead atoms. The van der Waals surface area contributed by atoms with Gasteiger partial charge in [0.05, 0.1) is 17.9 Å². The van der Waals surface area contributed by atoms with Crippen molar-refractivity contribution in [2.75, 3.05) is 19.7 Å². The van der Waals surface area contributed by atoms with E-state index in [0.717, 1.165) is 25.7 Å². The Bertz CT molecular complexity index is 727. The number of aliphatic carboxylic acids is 1. The smallest absolute Gasteiger partial charge is 0.310 e. The zero-order valence-electron chi connectivity index (χ0n) is 19.4. The molecule has 3 aliphatic heterocycles. The summed E-state index contributed by atoms with van der Waals surface area (Å²) >= 11 is 0. The van der Waals surface area contributed by atoms with Crippen molar-refractivity contribution in [2.24, 2.45) is 11.8 Å². The topological polar surface area (TPSA) is 107 Å². The first-order valence-corrected chi connectivity index (χ1v) is 12.1. The summed E-state index contributed by atoms with van der Waals surface area (Å²) in [5, 5.41) is 18.9. The van der Waals surface area contributed by atoms with E-state index in [1.54, 1.807) is 15.9 Å². The molecule has 3 fully saturated rings. The summed E-state index contributed by atoms with van der Waals surface area (Å²) in [5.41, 5.74) is -1.06. The number of ether oxygens (including phenoxy) is 1. The van der Waals surface area contributed by atoms with Crippen molar-refractivity contribution in [3.63, 3.8) is 0 Å². The normalized spacial score (nSPS) is 31.6. The Labute approximate surface area is 190 Å². The molecule has 3 rings (SSSR count). The third-order valence-electron chi connectivity index (χ3n) is 7.47. The Balaban J connectivity index is 1.92. The molecule has 3 aliphatic rings.